The first kappa shape index (κ1) is 31.4. The summed E-state index contributed by atoms with van der Waals surface area (Å²) >= 11 is 0. The van der Waals surface area contributed by atoms with E-state index in [2.05, 4.69) is 39.1 Å². The van der Waals surface area contributed by atoms with Gasteiger partial charge in [-0.25, -0.2) is 0 Å². The van der Waals surface area contributed by atoms with Gasteiger partial charge in [0.15, 0.2) is 0 Å². The molecule has 0 aromatic rings. The summed E-state index contributed by atoms with van der Waals surface area (Å²) in [5, 5.41) is 11.7. The monoisotopic (exact) mass is 425 g/mol. The van der Waals surface area contributed by atoms with E-state index in [-0.39, 0.29) is 0 Å². The molecule has 0 fully saturated rings. The van der Waals surface area contributed by atoms with Gasteiger partial charge in [0.25, 0.3) is 0 Å². The van der Waals surface area contributed by atoms with Crippen LogP contribution in [0.25, 0.3) is 0 Å². The van der Waals surface area contributed by atoms with Gasteiger partial charge in [0.05, 0.1) is 0 Å². The maximum absolute atomic E-state index is 10.3. The number of hydrogen-bond donors (Lipinski definition) is 2. The third-order valence-electron chi connectivity index (χ3n) is 5.64. The second-order valence-corrected chi connectivity index (χ2v) is 9.14. The van der Waals surface area contributed by atoms with Crippen LogP contribution in [0.4, 0.5) is 0 Å². The molecule has 0 heterocycles. The average molecular weight is 426 g/mol. The summed E-state index contributed by atoms with van der Waals surface area (Å²) in [6.07, 6.45) is 24.9. The largest absolute Gasteiger partial charge is 0.481 e. The van der Waals surface area contributed by atoms with Gasteiger partial charge < -0.3 is 10.4 Å². The van der Waals surface area contributed by atoms with Crippen LogP contribution in [-0.4, -0.2) is 24.2 Å². The van der Waals surface area contributed by atoms with Crippen LogP contribution in [0.3, 0.4) is 0 Å². The predicted octanol–water partition coefficient (Wildman–Crippen LogP) is 8.67. The Bertz CT molecular complexity index is 375. The SMILES string of the molecule is CCCCCCCCCCCCCCCCCC(=O)O.CNC(C)CCC=C(C)C. The zero-order valence-corrected chi connectivity index (χ0v) is 21.2. The molecule has 0 aliphatic rings. The Morgan fingerprint density at radius 1 is 0.800 bits per heavy atom. The van der Waals surface area contributed by atoms with Crippen LogP contribution in [0.2, 0.25) is 0 Å². The smallest absolute Gasteiger partial charge is 0.303 e. The summed E-state index contributed by atoms with van der Waals surface area (Å²) in [5.74, 6) is -0.653. The molecule has 1 unspecified atom stereocenters. The van der Waals surface area contributed by atoms with E-state index in [4.69, 9.17) is 5.11 Å². The Balaban J connectivity index is 0. The maximum Gasteiger partial charge on any atom is 0.303 e. The molecule has 2 N–H and O–H groups in total. The second kappa shape index (κ2) is 26.2. The molecule has 0 aliphatic carbocycles. The van der Waals surface area contributed by atoms with Crippen LogP contribution in [0, 0.1) is 0 Å². The lowest BCUT2D eigenvalue weighted by Gasteiger charge is -2.06. The van der Waals surface area contributed by atoms with Gasteiger partial charge in [0.2, 0.25) is 0 Å². The van der Waals surface area contributed by atoms with E-state index in [0.717, 1.165) is 12.8 Å². The molecule has 0 saturated carbocycles. The number of hydrogen-bond acceptors (Lipinski definition) is 2. The molecule has 1 atom stereocenters. The predicted molar refractivity (Wildman–Crippen MR) is 134 cm³/mol. The minimum absolute atomic E-state index is 0.345. The van der Waals surface area contributed by atoms with E-state index in [1.807, 2.05) is 7.05 Å². The molecule has 0 radical (unpaired) electrons. The topological polar surface area (TPSA) is 49.3 Å². The third kappa shape index (κ3) is 31.9. The Kier molecular flexibility index (Phi) is 27.4. The van der Waals surface area contributed by atoms with Crippen LogP contribution in [0.1, 0.15) is 143 Å². The fraction of sp³-hybridized carbons (Fsp3) is 0.889. The minimum Gasteiger partial charge on any atom is -0.481 e. The highest BCUT2D eigenvalue weighted by atomic mass is 16.4. The van der Waals surface area contributed by atoms with Crippen LogP contribution < -0.4 is 5.32 Å². The van der Waals surface area contributed by atoms with E-state index < -0.39 is 5.97 Å². The Morgan fingerprint density at radius 2 is 1.20 bits per heavy atom. The molecule has 3 nitrogen and oxygen atoms in total. The number of unbranched alkanes of at least 4 members (excludes halogenated alkanes) is 14. The van der Waals surface area contributed by atoms with Gasteiger partial charge in [-0.1, -0.05) is 108 Å². The van der Waals surface area contributed by atoms with Gasteiger partial charge in [0, 0.05) is 12.5 Å². The molecule has 0 aromatic heterocycles. The third-order valence-corrected chi connectivity index (χ3v) is 5.64. The van der Waals surface area contributed by atoms with Gasteiger partial charge in [-0.15, -0.1) is 0 Å². The summed E-state index contributed by atoms with van der Waals surface area (Å²) in [5.41, 5.74) is 1.42. The summed E-state index contributed by atoms with van der Waals surface area (Å²) in [6.45, 7) is 8.76. The average Bonchev–Trinajstić information content (AvgIpc) is 2.70. The lowest BCUT2D eigenvalue weighted by atomic mass is 10.0. The highest BCUT2D eigenvalue weighted by Gasteiger charge is 1.97. The van der Waals surface area contributed by atoms with Gasteiger partial charge in [-0.05, 0) is 47.1 Å². The minimum atomic E-state index is -0.653. The molecule has 0 bridgehead atoms. The molecule has 0 saturated heterocycles. The normalized spacial score (nSPS) is 11.5. The van der Waals surface area contributed by atoms with Crippen molar-refractivity contribution in [2.45, 2.75) is 149 Å². The van der Waals surface area contributed by atoms with Crippen LogP contribution in [-0.2, 0) is 4.79 Å². The van der Waals surface area contributed by atoms with E-state index in [1.54, 1.807) is 0 Å². The molecule has 0 spiro atoms. The van der Waals surface area contributed by atoms with Gasteiger partial charge in [-0.3, -0.25) is 4.79 Å². The first-order chi connectivity index (χ1) is 14.4. The van der Waals surface area contributed by atoms with Crippen molar-refractivity contribution in [2.24, 2.45) is 0 Å². The fourth-order valence-corrected chi connectivity index (χ4v) is 3.41. The first-order valence-corrected chi connectivity index (χ1v) is 13.0. The summed E-state index contributed by atoms with van der Waals surface area (Å²) in [6, 6.07) is 0.649. The Labute approximate surface area is 189 Å². The molecule has 0 aliphatic heterocycles. The van der Waals surface area contributed by atoms with E-state index in [9.17, 15) is 4.79 Å². The molecule has 30 heavy (non-hydrogen) atoms. The number of carbonyl (C=O) groups is 1. The Hall–Kier alpha value is -0.830. The fourth-order valence-electron chi connectivity index (χ4n) is 3.41. The van der Waals surface area contributed by atoms with Crippen molar-refractivity contribution in [1.29, 1.82) is 0 Å². The van der Waals surface area contributed by atoms with Gasteiger partial charge >= 0.3 is 5.97 Å². The second-order valence-electron chi connectivity index (χ2n) is 9.14. The molecule has 0 amide bonds. The first-order valence-electron chi connectivity index (χ1n) is 13.0. The van der Waals surface area contributed by atoms with Gasteiger partial charge in [0.1, 0.15) is 0 Å². The van der Waals surface area contributed by atoms with Crippen molar-refractivity contribution < 1.29 is 9.90 Å². The lowest BCUT2D eigenvalue weighted by Crippen LogP contribution is -2.20. The number of allylic oxidation sites excluding steroid dienone is 2. The zero-order chi connectivity index (χ0) is 22.9. The zero-order valence-electron chi connectivity index (χ0n) is 21.2. The van der Waals surface area contributed by atoms with Crippen molar-refractivity contribution in [2.75, 3.05) is 7.05 Å². The standard InChI is InChI=1S/C18H36O2.C9H19N/c1-2-3-4-5-6-7-8-9-10-11-12-13-14-15-16-17-18(19)20;1-8(2)6-5-7-9(3)10-4/h2-17H2,1H3,(H,19,20);6,9-10H,5,7H2,1-4H3. The van der Waals surface area contributed by atoms with E-state index in [0.29, 0.717) is 12.5 Å². The highest BCUT2D eigenvalue weighted by Crippen LogP contribution is 2.13. The molecule has 0 aromatic carbocycles. The Morgan fingerprint density at radius 3 is 1.53 bits per heavy atom. The van der Waals surface area contributed by atoms with Gasteiger partial charge in [-0.2, -0.15) is 0 Å². The molecule has 3 heteroatoms. The molecule has 0 rings (SSSR count). The number of nitrogens with one attached hydrogen (secondary N) is 1. The summed E-state index contributed by atoms with van der Waals surface area (Å²) < 4.78 is 0. The van der Waals surface area contributed by atoms with E-state index >= 15 is 0 Å². The summed E-state index contributed by atoms with van der Waals surface area (Å²) in [4.78, 5) is 10.3. The number of rotatable bonds is 20. The quantitative estimate of drug-likeness (QED) is 0.151. The van der Waals surface area contributed by atoms with E-state index in [1.165, 1.54) is 102 Å². The number of carboxylic acid groups (broad SMARTS) is 1. The summed E-state index contributed by atoms with van der Waals surface area (Å²) in [7, 11) is 2.01. The van der Waals surface area contributed by atoms with Crippen molar-refractivity contribution >= 4 is 5.97 Å². The molecule has 180 valence electrons. The van der Waals surface area contributed by atoms with Crippen LogP contribution in [0.5, 0.6) is 0 Å². The van der Waals surface area contributed by atoms with Crippen molar-refractivity contribution in [3.63, 3.8) is 0 Å². The lowest BCUT2D eigenvalue weighted by molar-refractivity contribution is -0.137. The van der Waals surface area contributed by atoms with Crippen molar-refractivity contribution in [3.05, 3.63) is 11.6 Å². The van der Waals surface area contributed by atoms with Crippen LogP contribution >= 0.6 is 0 Å². The van der Waals surface area contributed by atoms with Crippen LogP contribution in [0.15, 0.2) is 11.6 Å². The highest BCUT2D eigenvalue weighted by molar-refractivity contribution is 5.66. The molecular weight excluding hydrogens is 370 g/mol. The maximum atomic E-state index is 10.3. The number of aliphatic carboxylic acids is 1. The number of carboxylic acids is 1. The van der Waals surface area contributed by atoms with Crippen molar-refractivity contribution in [3.8, 4) is 0 Å². The molecular formula is C27H55NO2. The van der Waals surface area contributed by atoms with Crippen molar-refractivity contribution in [1.82, 2.24) is 5.32 Å².